The molecule has 0 saturated carbocycles. The van der Waals surface area contributed by atoms with Gasteiger partial charge in [0.1, 0.15) is 17.5 Å². The first-order chi connectivity index (χ1) is 13.8. The summed E-state index contributed by atoms with van der Waals surface area (Å²) in [6.07, 6.45) is 1.27. The zero-order valence-electron chi connectivity index (χ0n) is 15.4. The highest BCUT2D eigenvalue weighted by atomic mass is 16.4. The van der Waals surface area contributed by atoms with E-state index in [1.54, 1.807) is 6.07 Å². The van der Waals surface area contributed by atoms with Crippen molar-refractivity contribution in [1.29, 1.82) is 0 Å². The van der Waals surface area contributed by atoms with Gasteiger partial charge in [0.25, 0.3) is 0 Å². The Morgan fingerprint density at radius 1 is 1.17 bits per heavy atom. The van der Waals surface area contributed by atoms with E-state index in [0.717, 1.165) is 0 Å². The minimum Gasteiger partial charge on any atom is -0.508 e. The fraction of sp³-hybridized carbons (Fsp3) is 0.300. The molecule has 0 aliphatic carbocycles. The quantitative estimate of drug-likeness (QED) is 0.516. The molecule has 1 aromatic carbocycles. The highest BCUT2D eigenvalue weighted by molar-refractivity contribution is 6.10. The van der Waals surface area contributed by atoms with Crippen molar-refractivity contribution in [3.8, 4) is 5.75 Å². The molecule has 3 aromatic rings. The third kappa shape index (κ3) is 3.35. The zero-order chi connectivity index (χ0) is 20.7. The highest BCUT2D eigenvalue weighted by Gasteiger charge is 2.33. The second kappa shape index (κ2) is 7.08. The molecular weight excluding hydrogens is 378 g/mol. The lowest BCUT2D eigenvalue weighted by Crippen LogP contribution is -2.40. The molecule has 1 saturated heterocycles. The number of H-pyrrole nitrogens is 1. The number of hydrogen-bond acceptors (Lipinski definition) is 5. The molecule has 150 valence electrons. The number of likely N-dealkylation sites (tertiary alicyclic amines) is 1. The van der Waals surface area contributed by atoms with Crippen LogP contribution in [0.3, 0.4) is 0 Å². The summed E-state index contributed by atoms with van der Waals surface area (Å²) in [5.74, 6) is -2.45. The Bertz CT molecular complexity index is 1150. The number of carboxylic acids is 2. The van der Waals surface area contributed by atoms with Crippen LogP contribution in [0.5, 0.6) is 5.75 Å². The summed E-state index contributed by atoms with van der Waals surface area (Å²) in [7, 11) is 0. The van der Waals surface area contributed by atoms with E-state index in [1.165, 1.54) is 23.1 Å². The SMILES string of the molecule is O=C(O)c1cc2c([nH]c3ccc(O)cc32)c(CCC(=O)N2CCC[C@H]2C(=O)O)n1. The maximum absolute atomic E-state index is 12.6. The van der Waals surface area contributed by atoms with Crippen molar-refractivity contribution in [2.45, 2.75) is 31.7 Å². The number of benzene rings is 1. The number of hydrogen-bond donors (Lipinski definition) is 4. The number of aromatic amines is 1. The summed E-state index contributed by atoms with van der Waals surface area (Å²) in [6.45, 7) is 0.402. The minimum absolute atomic E-state index is 0.0234. The van der Waals surface area contributed by atoms with E-state index in [4.69, 9.17) is 0 Å². The van der Waals surface area contributed by atoms with Crippen LogP contribution in [-0.4, -0.2) is 60.6 Å². The van der Waals surface area contributed by atoms with Crippen molar-refractivity contribution in [1.82, 2.24) is 14.9 Å². The summed E-state index contributed by atoms with van der Waals surface area (Å²) in [5.41, 5.74) is 1.56. The van der Waals surface area contributed by atoms with E-state index in [9.17, 15) is 29.7 Å². The molecule has 1 atom stereocenters. The van der Waals surface area contributed by atoms with Crippen LogP contribution in [0.2, 0.25) is 0 Å². The van der Waals surface area contributed by atoms with Crippen molar-refractivity contribution >= 4 is 39.7 Å². The number of nitrogens with one attached hydrogen (secondary N) is 1. The van der Waals surface area contributed by atoms with Crippen LogP contribution < -0.4 is 0 Å². The van der Waals surface area contributed by atoms with Gasteiger partial charge in [0.05, 0.1) is 11.2 Å². The van der Waals surface area contributed by atoms with E-state index < -0.39 is 18.0 Å². The molecular formula is C20H19N3O6. The largest absolute Gasteiger partial charge is 0.508 e. The number of aromatic carboxylic acids is 1. The molecule has 9 heteroatoms. The number of carbonyl (C=O) groups excluding carboxylic acids is 1. The van der Waals surface area contributed by atoms with Gasteiger partial charge in [-0.15, -0.1) is 0 Å². The van der Waals surface area contributed by atoms with Crippen LogP contribution >= 0.6 is 0 Å². The molecule has 1 amide bonds. The topological polar surface area (TPSA) is 144 Å². The Morgan fingerprint density at radius 3 is 2.69 bits per heavy atom. The first-order valence-corrected chi connectivity index (χ1v) is 9.25. The summed E-state index contributed by atoms with van der Waals surface area (Å²) in [6, 6.07) is 5.36. The number of fused-ring (bicyclic) bond motifs is 3. The molecule has 1 aliphatic rings. The van der Waals surface area contributed by atoms with Crippen molar-refractivity contribution in [3.63, 3.8) is 0 Å². The van der Waals surface area contributed by atoms with Gasteiger partial charge in [0, 0.05) is 35.7 Å². The van der Waals surface area contributed by atoms with Gasteiger partial charge in [-0.05, 0) is 37.1 Å². The van der Waals surface area contributed by atoms with Crippen molar-refractivity contribution < 1.29 is 29.7 Å². The number of nitrogens with zero attached hydrogens (tertiary/aromatic N) is 2. The molecule has 29 heavy (non-hydrogen) atoms. The van der Waals surface area contributed by atoms with E-state index >= 15 is 0 Å². The van der Waals surface area contributed by atoms with Gasteiger partial charge in [-0.1, -0.05) is 0 Å². The Kier molecular flexibility index (Phi) is 4.57. The summed E-state index contributed by atoms with van der Waals surface area (Å²) < 4.78 is 0. The van der Waals surface area contributed by atoms with Crippen molar-refractivity contribution in [2.75, 3.05) is 6.54 Å². The Morgan fingerprint density at radius 2 is 1.97 bits per heavy atom. The number of carbonyl (C=O) groups is 3. The van der Waals surface area contributed by atoms with E-state index in [2.05, 4.69) is 9.97 Å². The summed E-state index contributed by atoms with van der Waals surface area (Å²) >= 11 is 0. The standard InChI is InChI=1S/C20H19N3O6/c24-10-3-4-13-11(8-10)12-9-15(19(26)27)21-14(18(12)22-13)5-6-17(25)23-7-1-2-16(23)20(28)29/h3-4,8-9,16,22,24H,1-2,5-7H2,(H,26,27)(H,28,29)/t16-/m0/s1. The molecule has 0 unspecified atom stereocenters. The van der Waals surface area contributed by atoms with E-state index in [1.807, 2.05) is 0 Å². The molecule has 9 nitrogen and oxygen atoms in total. The Hall–Kier alpha value is -3.62. The number of rotatable bonds is 5. The predicted molar refractivity (Wildman–Crippen MR) is 103 cm³/mol. The molecule has 2 aromatic heterocycles. The van der Waals surface area contributed by atoms with Crippen LogP contribution in [0.25, 0.3) is 21.8 Å². The fourth-order valence-corrected chi connectivity index (χ4v) is 3.93. The highest BCUT2D eigenvalue weighted by Crippen LogP contribution is 2.31. The first-order valence-electron chi connectivity index (χ1n) is 9.25. The van der Waals surface area contributed by atoms with Gasteiger partial charge in [-0.2, -0.15) is 0 Å². The van der Waals surface area contributed by atoms with E-state index in [-0.39, 0.29) is 30.2 Å². The smallest absolute Gasteiger partial charge is 0.354 e. The number of phenols is 1. The van der Waals surface area contributed by atoms with Gasteiger partial charge in [-0.25, -0.2) is 14.6 Å². The number of phenolic OH excluding ortho intramolecular Hbond substituents is 1. The minimum atomic E-state index is -1.19. The van der Waals surface area contributed by atoms with Crippen molar-refractivity contribution in [2.24, 2.45) is 0 Å². The average molecular weight is 397 g/mol. The summed E-state index contributed by atoms with van der Waals surface area (Å²) in [5, 5.41) is 29.7. The average Bonchev–Trinajstić information content (AvgIpc) is 3.30. The molecule has 1 fully saturated rings. The normalized spacial score (nSPS) is 16.6. The number of amides is 1. The van der Waals surface area contributed by atoms with Gasteiger partial charge in [0.2, 0.25) is 5.91 Å². The number of aliphatic carboxylic acids is 1. The number of carboxylic acid groups (broad SMARTS) is 2. The van der Waals surface area contributed by atoms with Crippen molar-refractivity contribution in [3.05, 3.63) is 35.7 Å². The number of aryl methyl sites for hydroxylation is 1. The van der Waals surface area contributed by atoms with Gasteiger partial charge >= 0.3 is 11.9 Å². The number of aromatic nitrogens is 2. The van der Waals surface area contributed by atoms with Crippen LogP contribution in [0.1, 0.15) is 35.4 Å². The number of pyridine rings is 1. The molecule has 0 radical (unpaired) electrons. The number of aromatic hydroxyl groups is 1. The molecule has 0 spiro atoms. The third-order valence-corrected chi connectivity index (χ3v) is 5.30. The molecule has 3 heterocycles. The summed E-state index contributed by atoms with van der Waals surface area (Å²) in [4.78, 5) is 44.1. The second-order valence-electron chi connectivity index (χ2n) is 7.12. The Balaban J connectivity index is 1.69. The van der Waals surface area contributed by atoms with Crippen LogP contribution in [0, 0.1) is 0 Å². The first kappa shape index (κ1) is 18.7. The van der Waals surface area contributed by atoms with E-state index in [0.29, 0.717) is 46.9 Å². The zero-order valence-corrected chi connectivity index (χ0v) is 15.4. The monoisotopic (exact) mass is 397 g/mol. The second-order valence-corrected chi connectivity index (χ2v) is 7.12. The maximum atomic E-state index is 12.6. The van der Waals surface area contributed by atoms with Gasteiger partial charge in [-0.3, -0.25) is 4.79 Å². The third-order valence-electron chi connectivity index (χ3n) is 5.30. The van der Waals surface area contributed by atoms with Crippen LogP contribution in [0.4, 0.5) is 0 Å². The molecule has 4 rings (SSSR count). The Labute approximate surface area is 164 Å². The van der Waals surface area contributed by atoms with Crippen LogP contribution in [-0.2, 0) is 16.0 Å². The van der Waals surface area contributed by atoms with Crippen LogP contribution in [0.15, 0.2) is 24.3 Å². The molecule has 1 aliphatic heterocycles. The molecule has 0 bridgehead atoms. The lowest BCUT2D eigenvalue weighted by Gasteiger charge is -2.21. The molecule has 4 N–H and O–H groups in total. The maximum Gasteiger partial charge on any atom is 0.354 e. The fourth-order valence-electron chi connectivity index (χ4n) is 3.93. The van der Waals surface area contributed by atoms with Gasteiger partial charge in [0.15, 0.2) is 0 Å². The van der Waals surface area contributed by atoms with Gasteiger partial charge < -0.3 is 25.2 Å². The predicted octanol–water partition coefficient (Wildman–Crippen LogP) is 2.13. The lowest BCUT2D eigenvalue weighted by molar-refractivity contribution is -0.148. The lowest BCUT2D eigenvalue weighted by atomic mass is 10.1.